The van der Waals surface area contributed by atoms with Gasteiger partial charge in [-0.05, 0) is 42.3 Å². The number of amides is 2. The number of pyridine rings is 2. The van der Waals surface area contributed by atoms with E-state index in [0.29, 0.717) is 30.2 Å². The average Bonchev–Trinajstić information content (AvgIpc) is 2.77. The monoisotopic (exact) mass is 417 g/mol. The molecule has 1 unspecified atom stereocenters. The normalized spacial score (nSPS) is 17.6. The molecule has 0 saturated carbocycles. The van der Waals surface area contributed by atoms with Gasteiger partial charge in [-0.1, -0.05) is 18.2 Å². The zero-order valence-electron chi connectivity index (χ0n) is 16.7. The lowest BCUT2D eigenvalue weighted by Gasteiger charge is -2.41. The molecule has 2 aromatic heterocycles. The Kier molecular flexibility index (Phi) is 4.82. The number of anilines is 2. The van der Waals surface area contributed by atoms with Crippen LogP contribution in [0, 0.1) is 5.82 Å². The van der Waals surface area contributed by atoms with Crippen LogP contribution in [0.2, 0.25) is 0 Å². The molecule has 0 bridgehead atoms. The predicted octanol–water partition coefficient (Wildman–Crippen LogP) is 3.16. The fraction of sp³-hybridized carbons (Fsp3) is 0.217. The lowest BCUT2D eigenvalue weighted by molar-refractivity contribution is -0.117. The van der Waals surface area contributed by atoms with Gasteiger partial charge in [0.25, 0.3) is 5.91 Å². The number of carbonyl (C=O) groups excluding carboxylic acids is 2. The lowest BCUT2D eigenvalue weighted by Crippen LogP contribution is -2.45. The van der Waals surface area contributed by atoms with Crippen LogP contribution in [0.3, 0.4) is 0 Å². The van der Waals surface area contributed by atoms with E-state index in [-0.39, 0.29) is 30.2 Å². The third-order valence-corrected chi connectivity index (χ3v) is 5.69. The second kappa shape index (κ2) is 7.79. The SMILES string of the molecule is O=C1CNc2ncc(C(=O)N3CCC3c3ccc(F)cc3)cc2N1Cc1ccccn1. The van der Waals surface area contributed by atoms with Crippen LogP contribution in [0.5, 0.6) is 0 Å². The summed E-state index contributed by atoms with van der Waals surface area (Å²) < 4.78 is 13.2. The van der Waals surface area contributed by atoms with Gasteiger partial charge in [-0.2, -0.15) is 0 Å². The van der Waals surface area contributed by atoms with Gasteiger partial charge in [-0.15, -0.1) is 0 Å². The Bertz CT molecular complexity index is 1140. The first-order valence-corrected chi connectivity index (χ1v) is 10.1. The van der Waals surface area contributed by atoms with Crippen LogP contribution in [0.4, 0.5) is 15.9 Å². The number of hydrogen-bond donors (Lipinski definition) is 1. The van der Waals surface area contributed by atoms with E-state index in [1.54, 1.807) is 34.2 Å². The Hall–Kier alpha value is -3.81. The summed E-state index contributed by atoms with van der Waals surface area (Å²) in [6, 6.07) is 13.4. The molecule has 1 N–H and O–H groups in total. The lowest BCUT2D eigenvalue weighted by atomic mass is 9.94. The van der Waals surface area contributed by atoms with Crippen LogP contribution in [0.15, 0.2) is 60.9 Å². The Morgan fingerprint density at radius 2 is 2.00 bits per heavy atom. The highest BCUT2D eigenvalue weighted by atomic mass is 19.1. The summed E-state index contributed by atoms with van der Waals surface area (Å²) >= 11 is 0. The molecule has 1 aromatic carbocycles. The molecule has 4 heterocycles. The predicted molar refractivity (Wildman–Crippen MR) is 113 cm³/mol. The van der Waals surface area contributed by atoms with Crippen molar-refractivity contribution in [1.29, 1.82) is 0 Å². The summed E-state index contributed by atoms with van der Waals surface area (Å²) in [5.74, 6) is -0.0137. The molecular formula is C23H20FN5O2. The second-order valence-corrected chi connectivity index (χ2v) is 7.60. The van der Waals surface area contributed by atoms with Crippen molar-refractivity contribution in [2.45, 2.75) is 19.0 Å². The van der Waals surface area contributed by atoms with Gasteiger partial charge in [-0.25, -0.2) is 9.37 Å². The Balaban J connectivity index is 1.41. The van der Waals surface area contributed by atoms with Gasteiger partial charge in [0.2, 0.25) is 5.91 Å². The fourth-order valence-corrected chi connectivity index (χ4v) is 3.96. The largest absolute Gasteiger partial charge is 0.359 e. The molecule has 8 heteroatoms. The van der Waals surface area contributed by atoms with E-state index >= 15 is 0 Å². The van der Waals surface area contributed by atoms with E-state index in [2.05, 4.69) is 15.3 Å². The molecule has 1 atom stereocenters. The quantitative estimate of drug-likeness (QED) is 0.706. The molecule has 2 aliphatic rings. The van der Waals surface area contributed by atoms with Gasteiger partial charge in [-0.3, -0.25) is 14.6 Å². The topological polar surface area (TPSA) is 78.4 Å². The molecule has 0 spiro atoms. The van der Waals surface area contributed by atoms with Gasteiger partial charge in [0, 0.05) is 18.9 Å². The van der Waals surface area contributed by atoms with E-state index in [1.165, 1.54) is 18.3 Å². The Labute approximate surface area is 178 Å². The first-order chi connectivity index (χ1) is 15.1. The highest BCUT2D eigenvalue weighted by Crippen LogP contribution is 2.36. The van der Waals surface area contributed by atoms with Crippen molar-refractivity contribution in [2.24, 2.45) is 0 Å². The maximum Gasteiger partial charge on any atom is 0.256 e. The Morgan fingerprint density at radius 1 is 1.16 bits per heavy atom. The third kappa shape index (κ3) is 3.61. The van der Waals surface area contributed by atoms with Crippen LogP contribution in [0.25, 0.3) is 0 Å². The minimum atomic E-state index is -0.301. The van der Waals surface area contributed by atoms with E-state index in [4.69, 9.17) is 0 Å². The molecule has 7 nitrogen and oxygen atoms in total. The summed E-state index contributed by atoms with van der Waals surface area (Å²) in [5, 5.41) is 3.01. The van der Waals surface area contributed by atoms with E-state index in [0.717, 1.165) is 17.7 Å². The van der Waals surface area contributed by atoms with Crippen molar-refractivity contribution in [1.82, 2.24) is 14.9 Å². The van der Waals surface area contributed by atoms with E-state index in [1.807, 2.05) is 18.2 Å². The molecule has 5 rings (SSSR count). The standard InChI is InChI=1S/C23H20FN5O2/c24-17-6-4-15(5-7-17)19-8-10-28(19)23(31)16-11-20-22(26-12-16)27-13-21(30)29(20)14-18-3-1-2-9-25-18/h1-7,9,11-12,19H,8,10,13-14H2,(H,26,27). The first kappa shape index (κ1) is 19.2. The molecule has 3 aromatic rings. The minimum absolute atomic E-state index is 0.0893. The summed E-state index contributed by atoms with van der Waals surface area (Å²) in [4.78, 5) is 37.8. The zero-order chi connectivity index (χ0) is 21.4. The van der Waals surface area contributed by atoms with Gasteiger partial charge < -0.3 is 15.1 Å². The van der Waals surface area contributed by atoms with E-state index in [9.17, 15) is 14.0 Å². The van der Waals surface area contributed by atoms with Crippen molar-refractivity contribution in [3.8, 4) is 0 Å². The molecule has 0 aliphatic carbocycles. The number of rotatable bonds is 4. The second-order valence-electron chi connectivity index (χ2n) is 7.60. The molecule has 156 valence electrons. The molecule has 31 heavy (non-hydrogen) atoms. The van der Waals surface area contributed by atoms with Crippen molar-refractivity contribution >= 4 is 23.3 Å². The van der Waals surface area contributed by atoms with Crippen molar-refractivity contribution in [2.75, 3.05) is 23.3 Å². The third-order valence-electron chi connectivity index (χ3n) is 5.69. The maximum atomic E-state index is 13.2. The van der Waals surface area contributed by atoms with Gasteiger partial charge >= 0.3 is 0 Å². The van der Waals surface area contributed by atoms with Crippen LogP contribution < -0.4 is 10.2 Å². The van der Waals surface area contributed by atoms with Crippen molar-refractivity contribution < 1.29 is 14.0 Å². The smallest absolute Gasteiger partial charge is 0.256 e. The summed E-state index contributed by atoms with van der Waals surface area (Å²) in [5.41, 5.74) is 2.62. The highest BCUT2D eigenvalue weighted by molar-refractivity contribution is 6.04. The average molecular weight is 417 g/mol. The first-order valence-electron chi connectivity index (χ1n) is 10.1. The fourth-order valence-electron chi connectivity index (χ4n) is 3.96. The van der Waals surface area contributed by atoms with Crippen LogP contribution >= 0.6 is 0 Å². The number of likely N-dealkylation sites (tertiary alicyclic amines) is 1. The molecule has 2 aliphatic heterocycles. The Morgan fingerprint density at radius 3 is 2.71 bits per heavy atom. The molecule has 2 amide bonds. The van der Waals surface area contributed by atoms with Crippen LogP contribution in [0.1, 0.15) is 34.1 Å². The van der Waals surface area contributed by atoms with E-state index < -0.39 is 0 Å². The van der Waals surface area contributed by atoms with Crippen LogP contribution in [-0.4, -0.2) is 39.8 Å². The maximum absolute atomic E-state index is 13.2. The number of hydrogen-bond acceptors (Lipinski definition) is 5. The number of fused-ring (bicyclic) bond motifs is 1. The number of aromatic nitrogens is 2. The van der Waals surface area contributed by atoms with Gasteiger partial charge in [0.05, 0.1) is 36.1 Å². The number of nitrogens with one attached hydrogen (secondary N) is 1. The molecule has 1 fully saturated rings. The molecule has 0 radical (unpaired) electrons. The zero-order valence-corrected chi connectivity index (χ0v) is 16.7. The summed E-state index contributed by atoms with van der Waals surface area (Å²) in [7, 11) is 0. The van der Waals surface area contributed by atoms with Crippen LogP contribution in [-0.2, 0) is 11.3 Å². The summed E-state index contributed by atoms with van der Waals surface area (Å²) in [6.45, 7) is 1.06. The number of carbonyl (C=O) groups is 2. The highest BCUT2D eigenvalue weighted by Gasteiger charge is 2.35. The number of benzene rings is 1. The number of nitrogens with zero attached hydrogens (tertiary/aromatic N) is 4. The minimum Gasteiger partial charge on any atom is -0.359 e. The summed E-state index contributed by atoms with van der Waals surface area (Å²) in [6.07, 6.45) is 4.03. The van der Waals surface area contributed by atoms with Gasteiger partial charge in [0.1, 0.15) is 5.82 Å². The molecular weight excluding hydrogens is 397 g/mol. The molecule has 1 saturated heterocycles. The van der Waals surface area contributed by atoms with Crippen molar-refractivity contribution in [3.05, 3.63) is 83.6 Å². The van der Waals surface area contributed by atoms with Crippen molar-refractivity contribution in [3.63, 3.8) is 0 Å². The number of halogens is 1. The van der Waals surface area contributed by atoms with Gasteiger partial charge in [0.15, 0.2) is 5.82 Å².